The highest BCUT2D eigenvalue weighted by Crippen LogP contribution is 2.17. The first-order valence-corrected chi connectivity index (χ1v) is 8.03. The first kappa shape index (κ1) is 15.6. The largest absolute Gasteiger partial charge is 0.282 e. The standard InChI is InChI=1S/C15H21ClOS/c1-2-3-4-5-6-7-12-18-15(17)13-8-10-14(16)11-9-13/h8-11H,2-7,12H2,1H3. The van der Waals surface area contributed by atoms with Gasteiger partial charge in [-0.3, -0.25) is 4.79 Å². The molecule has 1 rings (SSSR count). The van der Waals surface area contributed by atoms with Crippen molar-refractivity contribution in [2.45, 2.75) is 45.4 Å². The highest BCUT2D eigenvalue weighted by Gasteiger charge is 2.05. The Kier molecular flexibility index (Phi) is 8.19. The molecule has 3 heteroatoms. The lowest BCUT2D eigenvalue weighted by molar-refractivity contribution is 0.108. The minimum absolute atomic E-state index is 0.153. The fourth-order valence-corrected chi connectivity index (χ4v) is 2.68. The first-order valence-electron chi connectivity index (χ1n) is 6.66. The number of carbonyl (C=O) groups excluding carboxylic acids is 1. The lowest BCUT2D eigenvalue weighted by atomic mass is 10.1. The van der Waals surface area contributed by atoms with E-state index < -0.39 is 0 Å². The molecule has 1 aromatic carbocycles. The monoisotopic (exact) mass is 284 g/mol. The third kappa shape index (κ3) is 6.46. The van der Waals surface area contributed by atoms with Crippen molar-refractivity contribution in [1.29, 1.82) is 0 Å². The third-order valence-corrected chi connectivity index (χ3v) is 4.05. The van der Waals surface area contributed by atoms with Gasteiger partial charge in [0.2, 0.25) is 5.12 Å². The molecule has 0 aliphatic rings. The van der Waals surface area contributed by atoms with E-state index in [1.807, 2.05) is 0 Å². The van der Waals surface area contributed by atoms with Gasteiger partial charge in [0.05, 0.1) is 0 Å². The second-order valence-electron chi connectivity index (χ2n) is 4.41. The SMILES string of the molecule is CCCCCCCCSC(=O)c1ccc(Cl)cc1. The Labute approximate surface area is 119 Å². The van der Waals surface area contributed by atoms with Crippen LogP contribution in [-0.2, 0) is 0 Å². The zero-order valence-corrected chi connectivity index (χ0v) is 12.5. The van der Waals surface area contributed by atoms with E-state index in [1.54, 1.807) is 24.3 Å². The van der Waals surface area contributed by atoms with Crippen molar-refractivity contribution >= 4 is 28.5 Å². The molecule has 0 amide bonds. The molecule has 1 nitrogen and oxygen atoms in total. The predicted molar refractivity (Wildman–Crippen MR) is 81.6 cm³/mol. The molecular formula is C15H21ClOS. The Hall–Kier alpha value is -0.470. The lowest BCUT2D eigenvalue weighted by Gasteiger charge is -2.02. The summed E-state index contributed by atoms with van der Waals surface area (Å²) >= 11 is 7.20. The van der Waals surface area contributed by atoms with Crippen molar-refractivity contribution in [1.82, 2.24) is 0 Å². The molecule has 0 radical (unpaired) electrons. The average molecular weight is 285 g/mol. The molecule has 0 atom stereocenters. The fraction of sp³-hybridized carbons (Fsp3) is 0.533. The zero-order chi connectivity index (χ0) is 13.2. The van der Waals surface area contributed by atoms with Crippen LogP contribution in [0.25, 0.3) is 0 Å². The maximum atomic E-state index is 11.8. The summed E-state index contributed by atoms with van der Waals surface area (Å²) in [7, 11) is 0. The van der Waals surface area contributed by atoms with Gasteiger partial charge >= 0.3 is 0 Å². The first-order chi connectivity index (χ1) is 8.74. The van der Waals surface area contributed by atoms with Crippen LogP contribution in [0.5, 0.6) is 0 Å². The van der Waals surface area contributed by atoms with Gasteiger partial charge in [0, 0.05) is 16.3 Å². The Bertz CT molecular complexity index is 348. The van der Waals surface area contributed by atoms with Crippen molar-refractivity contribution in [3.8, 4) is 0 Å². The molecule has 0 saturated heterocycles. The summed E-state index contributed by atoms with van der Waals surface area (Å²) in [4.78, 5) is 11.8. The Morgan fingerprint density at radius 2 is 1.67 bits per heavy atom. The van der Waals surface area contributed by atoms with Crippen LogP contribution < -0.4 is 0 Å². The fourth-order valence-electron chi connectivity index (χ4n) is 1.72. The van der Waals surface area contributed by atoms with E-state index in [0.29, 0.717) is 5.02 Å². The van der Waals surface area contributed by atoms with Gasteiger partial charge in [-0.25, -0.2) is 0 Å². The van der Waals surface area contributed by atoms with E-state index in [1.165, 1.54) is 43.9 Å². The van der Waals surface area contributed by atoms with Gasteiger partial charge in [0.25, 0.3) is 0 Å². The molecule has 0 aliphatic carbocycles. The van der Waals surface area contributed by atoms with Crippen LogP contribution in [0.3, 0.4) is 0 Å². The van der Waals surface area contributed by atoms with Gasteiger partial charge in [0.1, 0.15) is 0 Å². The maximum Gasteiger partial charge on any atom is 0.219 e. The quantitative estimate of drug-likeness (QED) is 0.580. The van der Waals surface area contributed by atoms with E-state index in [-0.39, 0.29) is 5.12 Å². The molecule has 0 spiro atoms. The molecule has 0 N–H and O–H groups in total. The predicted octanol–water partition coefficient (Wildman–Crippen LogP) is 5.57. The molecular weight excluding hydrogens is 264 g/mol. The minimum Gasteiger partial charge on any atom is -0.282 e. The Morgan fingerprint density at radius 1 is 1.06 bits per heavy atom. The smallest absolute Gasteiger partial charge is 0.219 e. The number of benzene rings is 1. The van der Waals surface area contributed by atoms with Crippen LogP contribution in [0.15, 0.2) is 24.3 Å². The van der Waals surface area contributed by atoms with Gasteiger partial charge in [-0.1, -0.05) is 62.4 Å². The van der Waals surface area contributed by atoms with E-state index >= 15 is 0 Å². The second-order valence-corrected chi connectivity index (χ2v) is 5.91. The number of halogens is 1. The molecule has 0 fully saturated rings. The molecule has 0 heterocycles. The van der Waals surface area contributed by atoms with Crippen LogP contribution in [-0.4, -0.2) is 10.9 Å². The van der Waals surface area contributed by atoms with Crippen LogP contribution in [0.4, 0.5) is 0 Å². The van der Waals surface area contributed by atoms with E-state index in [2.05, 4.69) is 6.92 Å². The van der Waals surface area contributed by atoms with Crippen molar-refractivity contribution in [3.63, 3.8) is 0 Å². The summed E-state index contributed by atoms with van der Waals surface area (Å²) in [6.07, 6.45) is 7.60. The van der Waals surface area contributed by atoms with Crippen LogP contribution in [0.1, 0.15) is 55.8 Å². The molecule has 0 aliphatic heterocycles. The lowest BCUT2D eigenvalue weighted by Crippen LogP contribution is -1.94. The molecule has 1 aromatic rings. The molecule has 100 valence electrons. The summed E-state index contributed by atoms with van der Waals surface area (Å²) < 4.78 is 0. The van der Waals surface area contributed by atoms with E-state index in [4.69, 9.17) is 11.6 Å². The highest BCUT2D eigenvalue weighted by molar-refractivity contribution is 8.14. The molecule has 0 bridgehead atoms. The number of thioether (sulfide) groups is 1. The number of unbranched alkanes of at least 4 members (excludes halogenated alkanes) is 5. The van der Waals surface area contributed by atoms with Crippen LogP contribution >= 0.6 is 23.4 Å². The van der Waals surface area contributed by atoms with Gasteiger partial charge in [-0.15, -0.1) is 0 Å². The summed E-state index contributed by atoms with van der Waals surface area (Å²) in [6, 6.07) is 7.11. The molecule has 18 heavy (non-hydrogen) atoms. The Balaban J connectivity index is 2.12. The van der Waals surface area contributed by atoms with Gasteiger partial charge in [-0.2, -0.15) is 0 Å². The summed E-state index contributed by atoms with van der Waals surface area (Å²) in [6.45, 7) is 2.22. The van der Waals surface area contributed by atoms with Gasteiger partial charge in [0.15, 0.2) is 0 Å². The van der Waals surface area contributed by atoms with E-state index in [0.717, 1.165) is 17.7 Å². The van der Waals surface area contributed by atoms with Crippen molar-refractivity contribution in [2.75, 3.05) is 5.75 Å². The Morgan fingerprint density at radius 3 is 2.33 bits per heavy atom. The van der Waals surface area contributed by atoms with Gasteiger partial charge < -0.3 is 0 Å². The van der Waals surface area contributed by atoms with Crippen molar-refractivity contribution in [2.24, 2.45) is 0 Å². The van der Waals surface area contributed by atoms with E-state index in [9.17, 15) is 4.79 Å². The number of hydrogen-bond donors (Lipinski definition) is 0. The van der Waals surface area contributed by atoms with Crippen LogP contribution in [0, 0.1) is 0 Å². The average Bonchev–Trinajstić information content (AvgIpc) is 2.38. The van der Waals surface area contributed by atoms with Gasteiger partial charge in [-0.05, 0) is 30.7 Å². The number of hydrogen-bond acceptors (Lipinski definition) is 2. The normalized spacial score (nSPS) is 10.6. The summed E-state index contributed by atoms with van der Waals surface area (Å²) in [5, 5.41) is 0.827. The highest BCUT2D eigenvalue weighted by atomic mass is 35.5. The minimum atomic E-state index is 0.153. The molecule has 0 unspecified atom stereocenters. The maximum absolute atomic E-state index is 11.8. The molecule has 0 saturated carbocycles. The topological polar surface area (TPSA) is 17.1 Å². The number of carbonyl (C=O) groups is 1. The number of rotatable bonds is 8. The van der Waals surface area contributed by atoms with Crippen molar-refractivity contribution in [3.05, 3.63) is 34.9 Å². The second kappa shape index (κ2) is 9.46. The van der Waals surface area contributed by atoms with Crippen molar-refractivity contribution < 1.29 is 4.79 Å². The third-order valence-electron chi connectivity index (χ3n) is 2.81. The summed E-state index contributed by atoms with van der Waals surface area (Å²) in [5.74, 6) is 0.924. The molecule has 0 aromatic heterocycles. The van der Waals surface area contributed by atoms with Crippen LogP contribution in [0.2, 0.25) is 5.02 Å². The summed E-state index contributed by atoms with van der Waals surface area (Å²) in [5.41, 5.74) is 0.746. The zero-order valence-electron chi connectivity index (χ0n) is 11.0.